The van der Waals surface area contributed by atoms with E-state index in [4.69, 9.17) is 0 Å². The van der Waals surface area contributed by atoms with Gasteiger partial charge in [-0.25, -0.2) is 4.98 Å². The second kappa shape index (κ2) is 5.64. The molecule has 3 heteroatoms. The minimum absolute atomic E-state index is 0.307. The Morgan fingerprint density at radius 2 is 2.00 bits per heavy atom. The fraction of sp³-hybridized carbons (Fsp3) is 0.357. The Balaban J connectivity index is 2.19. The molecule has 0 fully saturated rings. The predicted octanol–water partition coefficient (Wildman–Crippen LogP) is 2.47. The molecule has 90 valence electrons. The van der Waals surface area contributed by atoms with Crippen LogP contribution in [0.2, 0.25) is 0 Å². The summed E-state index contributed by atoms with van der Waals surface area (Å²) in [4.78, 5) is 4.13. The van der Waals surface area contributed by atoms with Crippen LogP contribution in [0.3, 0.4) is 0 Å². The zero-order valence-corrected chi connectivity index (χ0v) is 10.4. The summed E-state index contributed by atoms with van der Waals surface area (Å²) in [5, 5.41) is 3.48. The molecule has 0 amide bonds. The maximum atomic E-state index is 4.13. The Morgan fingerprint density at radius 3 is 2.59 bits per heavy atom. The molecule has 0 aliphatic carbocycles. The van der Waals surface area contributed by atoms with Crippen LogP contribution in [0, 0.1) is 0 Å². The van der Waals surface area contributed by atoms with Crippen molar-refractivity contribution in [1.29, 1.82) is 0 Å². The lowest BCUT2D eigenvalue weighted by Gasteiger charge is -2.21. The fourth-order valence-electron chi connectivity index (χ4n) is 1.87. The number of hydrogen-bond donors (Lipinski definition) is 1. The summed E-state index contributed by atoms with van der Waals surface area (Å²) in [5.74, 6) is 0. The van der Waals surface area contributed by atoms with Crippen molar-refractivity contribution in [3.05, 3.63) is 54.6 Å². The highest BCUT2D eigenvalue weighted by Gasteiger charge is 2.12. The maximum absolute atomic E-state index is 4.13. The SMILES string of the molecule is CC(C)NCC(c1ccccc1)n1ccnc1. The Bertz CT molecular complexity index is 420. The van der Waals surface area contributed by atoms with Gasteiger partial charge in [0.25, 0.3) is 0 Å². The van der Waals surface area contributed by atoms with Crippen molar-refractivity contribution in [2.75, 3.05) is 6.54 Å². The monoisotopic (exact) mass is 229 g/mol. The van der Waals surface area contributed by atoms with E-state index in [1.807, 2.05) is 24.8 Å². The normalized spacial score (nSPS) is 12.9. The summed E-state index contributed by atoms with van der Waals surface area (Å²) >= 11 is 0. The zero-order chi connectivity index (χ0) is 12.1. The standard InChI is InChI=1S/C14H19N3/c1-12(2)16-10-14(17-9-8-15-11-17)13-6-4-3-5-7-13/h3-9,11-12,14,16H,10H2,1-2H3. The Labute approximate surface area is 103 Å². The van der Waals surface area contributed by atoms with Crippen LogP contribution in [0.15, 0.2) is 49.1 Å². The number of aromatic nitrogens is 2. The molecular formula is C14H19N3. The first kappa shape index (κ1) is 11.9. The van der Waals surface area contributed by atoms with Crippen molar-refractivity contribution in [2.45, 2.75) is 25.9 Å². The van der Waals surface area contributed by atoms with Crippen molar-refractivity contribution in [2.24, 2.45) is 0 Å². The van der Waals surface area contributed by atoms with Crippen molar-refractivity contribution in [3.8, 4) is 0 Å². The zero-order valence-electron chi connectivity index (χ0n) is 10.4. The van der Waals surface area contributed by atoms with Gasteiger partial charge in [-0.2, -0.15) is 0 Å². The van der Waals surface area contributed by atoms with Crippen molar-refractivity contribution in [3.63, 3.8) is 0 Å². The number of hydrogen-bond acceptors (Lipinski definition) is 2. The van der Waals surface area contributed by atoms with Gasteiger partial charge >= 0.3 is 0 Å². The lowest BCUT2D eigenvalue weighted by atomic mass is 10.1. The smallest absolute Gasteiger partial charge is 0.0952 e. The number of imidazole rings is 1. The molecule has 3 nitrogen and oxygen atoms in total. The van der Waals surface area contributed by atoms with Crippen LogP contribution in [0.1, 0.15) is 25.5 Å². The topological polar surface area (TPSA) is 29.9 Å². The van der Waals surface area contributed by atoms with Gasteiger partial charge in [0.1, 0.15) is 0 Å². The molecule has 1 aromatic heterocycles. The van der Waals surface area contributed by atoms with Crippen LogP contribution in [-0.2, 0) is 0 Å². The van der Waals surface area contributed by atoms with Crippen molar-refractivity contribution >= 4 is 0 Å². The third-order valence-electron chi connectivity index (χ3n) is 2.79. The summed E-state index contributed by atoms with van der Waals surface area (Å²) in [5.41, 5.74) is 1.30. The van der Waals surface area contributed by atoms with Gasteiger partial charge in [0.2, 0.25) is 0 Å². The van der Waals surface area contributed by atoms with E-state index in [1.165, 1.54) is 5.56 Å². The van der Waals surface area contributed by atoms with Gasteiger partial charge in [0.15, 0.2) is 0 Å². The Morgan fingerprint density at radius 1 is 1.24 bits per heavy atom. The second-order valence-corrected chi connectivity index (χ2v) is 4.50. The average molecular weight is 229 g/mol. The molecule has 1 aromatic carbocycles. The Hall–Kier alpha value is -1.61. The van der Waals surface area contributed by atoms with Gasteiger partial charge in [-0.15, -0.1) is 0 Å². The minimum Gasteiger partial charge on any atom is -0.329 e. The number of rotatable bonds is 5. The van der Waals surface area contributed by atoms with E-state index in [0.717, 1.165) is 6.54 Å². The lowest BCUT2D eigenvalue weighted by Crippen LogP contribution is -2.30. The molecule has 0 aliphatic rings. The van der Waals surface area contributed by atoms with E-state index in [1.54, 1.807) is 0 Å². The van der Waals surface area contributed by atoms with E-state index in [0.29, 0.717) is 12.1 Å². The van der Waals surface area contributed by atoms with Crippen molar-refractivity contribution < 1.29 is 0 Å². The summed E-state index contributed by atoms with van der Waals surface area (Å²) in [6.45, 7) is 5.24. The predicted molar refractivity (Wildman–Crippen MR) is 69.9 cm³/mol. The first-order valence-corrected chi connectivity index (χ1v) is 6.03. The van der Waals surface area contributed by atoms with Gasteiger partial charge in [0.05, 0.1) is 12.4 Å². The molecule has 17 heavy (non-hydrogen) atoms. The van der Waals surface area contributed by atoms with E-state index < -0.39 is 0 Å². The summed E-state index contributed by atoms with van der Waals surface area (Å²) in [7, 11) is 0. The van der Waals surface area contributed by atoms with Gasteiger partial charge in [0, 0.05) is 25.0 Å². The molecule has 0 saturated carbocycles. The molecule has 2 aromatic rings. The van der Waals surface area contributed by atoms with E-state index in [9.17, 15) is 0 Å². The summed E-state index contributed by atoms with van der Waals surface area (Å²) < 4.78 is 2.14. The van der Waals surface area contributed by atoms with Gasteiger partial charge < -0.3 is 9.88 Å². The first-order valence-electron chi connectivity index (χ1n) is 6.03. The quantitative estimate of drug-likeness (QED) is 0.853. The van der Waals surface area contributed by atoms with E-state index in [2.05, 4.69) is 53.0 Å². The molecule has 0 aliphatic heterocycles. The van der Waals surface area contributed by atoms with Crippen LogP contribution in [0.25, 0.3) is 0 Å². The van der Waals surface area contributed by atoms with Crippen LogP contribution < -0.4 is 5.32 Å². The lowest BCUT2D eigenvalue weighted by molar-refractivity contribution is 0.486. The number of nitrogens with one attached hydrogen (secondary N) is 1. The molecule has 0 spiro atoms. The molecule has 0 radical (unpaired) electrons. The molecule has 1 unspecified atom stereocenters. The summed E-state index contributed by atoms with van der Waals surface area (Å²) in [6, 6.07) is 11.3. The summed E-state index contributed by atoms with van der Waals surface area (Å²) in [6.07, 6.45) is 5.71. The van der Waals surface area contributed by atoms with Crippen LogP contribution in [0.4, 0.5) is 0 Å². The highest BCUT2D eigenvalue weighted by atomic mass is 15.1. The third kappa shape index (κ3) is 3.17. The van der Waals surface area contributed by atoms with Gasteiger partial charge in [-0.1, -0.05) is 44.2 Å². The highest BCUT2D eigenvalue weighted by molar-refractivity contribution is 5.20. The molecular weight excluding hydrogens is 210 g/mol. The van der Waals surface area contributed by atoms with E-state index >= 15 is 0 Å². The first-order chi connectivity index (χ1) is 8.27. The molecule has 0 bridgehead atoms. The third-order valence-corrected chi connectivity index (χ3v) is 2.79. The average Bonchev–Trinajstić information content (AvgIpc) is 2.84. The number of nitrogens with zero attached hydrogens (tertiary/aromatic N) is 2. The maximum Gasteiger partial charge on any atom is 0.0952 e. The van der Waals surface area contributed by atoms with Crippen molar-refractivity contribution in [1.82, 2.24) is 14.9 Å². The Kier molecular flexibility index (Phi) is 3.94. The molecule has 1 heterocycles. The van der Waals surface area contributed by atoms with Crippen LogP contribution >= 0.6 is 0 Å². The number of benzene rings is 1. The minimum atomic E-state index is 0.307. The van der Waals surface area contributed by atoms with Crippen LogP contribution in [0.5, 0.6) is 0 Å². The molecule has 2 rings (SSSR count). The highest BCUT2D eigenvalue weighted by Crippen LogP contribution is 2.16. The van der Waals surface area contributed by atoms with E-state index in [-0.39, 0.29) is 0 Å². The van der Waals surface area contributed by atoms with Crippen LogP contribution in [-0.4, -0.2) is 22.1 Å². The molecule has 1 N–H and O–H groups in total. The molecule has 0 saturated heterocycles. The van der Waals surface area contributed by atoms with Gasteiger partial charge in [-0.05, 0) is 5.56 Å². The largest absolute Gasteiger partial charge is 0.329 e. The fourth-order valence-corrected chi connectivity index (χ4v) is 1.87. The second-order valence-electron chi connectivity index (χ2n) is 4.50. The molecule has 1 atom stereocenters. The van der Waals surface area contributed by atoms with Gasteiger partial charge in [-0.3, -0.25) is 0 Å².